The van der Waals surface area contributed by atoms with E-state index in [4.69, 9.17) is 28.7 Å². The molecular formula is C64H115O8P. The molecule has 2 rings (SSSR count). The summed E-state index contributed by atoms with van der Waals surface area (Å²) < 4.78 is 19.8. The monoisotopic (exact) mass is 1040 g/mol. The summed E-state index contributed by atoms with van der Waals surface area (Å²) in [5, 5.41) is 0. The van der Waals surface area contributed by atoms with Gasteiger partial charge in [-0.2, -0.15) is 0 Å². The number of hydrogen-bond acceptors (Lipinski definition) is 5. The number of esters is 2. The SMILES string of the molecule is CCCCCCCCCCCCCCCCCCOC(=O)CCc1cc(C)cc(C(C)(C)C)c1.CCCCCCCCCCCCCCCCCCOC(=O)CCc1cc(C)cc(C(C)(C)C)c1.O=P(O)(O)O. The Labute approximate surface area is 450 Å². The van der Waals surface area contributed by atoms with Crippen molar-refractivity contribution in [2.24, 2.45) is 0 Å². The maximum absolute atomic E-state index is 12.1. The van der Waals surface area contributed by atoms with Gasteiger partial charge in [0.25, 0.3) is 0 Å². The van der Waals surface area contributed by atoms with Crippen LogP contribution in [0.1, 0.15) is 307 Å². The fourth-order valence-corrected chi connectivity index (χ4v) is 9.19. The van der Waals surface area contributed by atoms with Crippen LogP contribution < -0.4 is 0 Å². The van der Waals surface area contributed by atoms with Crippen molar-refractivity contribution in [2.45, 2.75) is 311 Å². The number of ether oxygens (including phenoxy) is 2. The van der Waals surface area contributed by atoms with Crippen molar-refractivity contribution in [2.75, 3.05) is 13.2 Å². The number of carbonyl (C=O) groups is 2. The molecule has 2 aromatic rings. The van der Waals surface area contributed by atoms with Gasteiger partial charge in [-0.05, 0) is 72.6 Å². The highest BCUT2D eigenvalue weighted by Crippen LogP contribution is 2.27. The number of benzene rings is 2. The Kier molecular flexibility index (Phi) is 43.1. The average Bonchev–Trinajstić information content (AvgIpc) is 3.31. The molecule has 0 aliphatic heterocycles. The lowest BCUT2D eigenvalue weighted by molar-refractivity contribution is -0.144. The minimum atomic E-state index is -4.64. The van der Waals surface area contributed by atoms with Crippen molar-refractivity contribution < 1.29 is 38.3 Å². The standard InChI is InChI=1S/2C32H56O2.H3O4P/c2*1-6-7-8-9-10-11-12-13-14-15-16-17-18-19-20-21-24-34-31(33)23-22-29-25-28(2)26-30(27-29)32(3,4)5;1-5(2,3)4/h2*25-27H,6-24H2,1-5H3;(H3,1,2,3,4). The van der Waals surface area contributed by atoms with Gasteiger partial charge in [-0.15, -0.1) is 0 Å². The molecule has 9 heteroatoms. The van der Waals surface area contributed by atoms with Gasteiger partial charge in [-0.1, -0.05) is 296 Å². The molecule has 0 aliphatic carbocycles. The van der Waals surface area contributed by atoms with Crippen LogP contribution in [0.2, 0.25) is 0 Å². The van der Waals surface area contributed by atoms with Crippen LogP contribution in [0.25, 0.3) is 0 Å². The Hall–Kier alpha value is -2.51. The van der Waals surface area contributed by atoms with E-state index in [0.717, 1.165) is 25.7 Å². The molecule has 2 aromatic carbocycles. The molecule has 0 saturated carbocycles. The maximum Gasteiger partial charge on any atom is 0.466 e. The van der Waals surface area contributed by atoms with Gasteiger partial charge in [0, 0.05) is 12.8 Å². The topological polar surface area (TPSA) is 130 Å². The van der Waals surface area contributed by atoms with E-state index in [1.54, 1.807) is 0 Å². The van der Waals surface area contributed by atoms with Crippen LogP contribution in [0.3, 0.4) is 0 Å². The minimum absolute atomic E-state index is 0.0558. The summed E-state index contributed by atoms with van der Waals surface area (Å²) in [7, 11) is -4.64. The minimum Gasteiger partial charge on any atom is -0.466 e. The summed E-state index contributed by atoms with van der Waals surface area (Å²) >= 11 is 0. The van der Waals surface area contributed by atoms with Crippen LogP contribution in [0.4, 0.5) is 0 Å². The zero-order valence-corrected chi connectivity index (χ0v) is 50.1. The second kappa shape index (κ2) is 44.6. The second-order valence-corrected chi connectivity index (χ2v) is 24.5. The largest absolute Gasteiger partial charge is 0.466 e. The molecule has 8 nitrogen and oxygen atoms in total. The third kappa shape index (κ3) is 47.7. The number of unbranched alkanes of at least 4 members (excludes halogenated alkanes) is 30. The van der Waals surface area contributed by atoms with E-state index >= 15 is 0 Å². The van der Waals surface area contributed by atoms with E-state index in [1.165, 1.54) is 226 Å². The highest BCUT2D eigenvalue weighted by Gasteiger charge is 2.17. The lowest BCUT2D eigenvalue weighted by Gasteiger charge is -2.20. The summed E-state index contributed by atoms with van der Waals surface area (Å²) in [4.78, 5) is 45.8. The predicted octanol–water partition coefficient (Wildman–Crippen LogP) is 19.1. The number of hydrogen-bond donors (Lipinski definition) is 3. The van der Waals surface area contributed by atoms with Gasteiger partial charge in [0.15, 0.2) is 0 Å². The molecule has 0 heterocycles. The first-order valence-corrected chi connectivity index (χ1v) is 31.5. The normalized spacial score (nSPS) is 11.7. The number of phosphoric acid groups is 1. The Morgan fingerprint density at radius 3 is 0.836 bits per heavy atom. The van der Waals surface area contributed by atoms with Gasteiger partial charge >= 0.3 is 19.8 Å². The van der Waals surface area contributed by atoms with E-state index in [-0.39, 0.29) is 22.8 Å². The van der Waals surface area contributed by atoms with Crippen LogP contribution in [0.15, 0.2) is 36.4 Å². The second-order valence-electron chi connectivity index (χ2n) is 23.5. The lowest BCUT2D eigenvalue weighted by atomic mass is 9.84. The summed E-state index contributed by atoms with van der Waals surface area (Å²) in [6.45, 7) is 23.4. The first-order chi connectivity index (χ1) is 34.6. The molecular weight excluding hydrogens is 928 g/mol. The number of carbonyl (C=O) groups excluding carboxylic acids is 2. The van der Waals surface area contributed by atoms with Crippen molar-refractivity contribution in [3.8, 4) is 0 Å². The number of rotatable bonds is 40. The first kappa shape index (κ1) is 70.5. The molecule has 424 valence electrons. The fourth-order valence-electron chi connectivity index (χ4n) is 9.19. The van der Waals surface area contributed by atoms with Gasteiger partial charge in [-0.25, -0.2) is 4.57 Å². The van der Waals surface area contributed by atoms with Gasteiger partial charge < -0.3 is 24.2 Å². The molecule has 0 radical (unpaired) electrons. The molecule has 0 bridgehead atoms. The van der Waals surface area contributed by atoms with E-state index in [0.29, 0.717) is 26.1 Å². The zero-order chi connectivity index (χ0) is 54.6. The first-order valence-electron chi connectivity index (χ1n) is 30.0. The molecule has 0 unspecified atom stereocenters. The molecule has 3 N–H and O–H groups in total. The Bertz CT molecular complexity index is 1560. The van der Waals surface area contributed by atoms with E-state index in [1.807, 2.05) is 0 Å². The van der Waals surface area contributed by atoms with Gasteiger partial charge in [-0.3, -0.25) is 9.59 Å². The lowest BCUT2D eigenvalue weighted by Crippen LogP contribution is -2.12. The van der Waals surface area contributed by atoms with E-state index < -0.39 is 7.82 Å². The summed E-state index contributed by atoms with van der Waals surface area (Å²) in [6, 6.07) is 13.4. The summed E-state index contributed by atoms with van der Waals surface area (Å²) in [6.07, 6.45) is 46.0. The quantitative estimate of drug-likeness (QED) is 0.0342. The smallest absolute Gasteiger partial charge is 0.466 e. The predicted molar refractivity (Wildman–Crippen MR) is 312 cm³/mol. The Balaban J connectivity index is 0.00000130. The van der Waals surface area contributed by atoms with Crippen molar-refractivity contribution in [1.29, 1.82) is 0 Å². The third-order valence-electron chi connectivity index (χ3n) is 13.8. The van der Waals surface area contributed by atoms with E-state index in [9.17, 15) is 9.59 Å². The highest BCUT2D eigenvalue weighted by atomic mass is 31.2. The third-order valence-corrected chi connectivity index (χ3v) is 13.8. The van der Waals surface area contributed by atoms with Gasteiger partial charge in [0.2, 0.25) is 0 Å². The van der Waals surface area contributed by atoms with E-state index in [2.05, 4.69) is 106 Å². The molecule has 0 atom stereocenters. The highest BCUT2D eigenvalue weighted by molar-refractivity contribution is 7.45. The molecule has 0 saturated heterocycles. The van der Waals surface area contributed by atoms with Crippen LogP contribution in [-0.4, -0.2) is 39.8 Å². The average molecular weight is 1040 g/mol. The molecule has 0 aliphatic rings. The van der Waals surface area contributed by atoms with Crippen molar-refractivity contribution in [1.82, 2.24) is 0 Å². The van der Waals surface area contributed by atoms with Crippen molar-refractivity contribution in [3.63, 3.8) is 0 Å². The summed E-state index contributed by atoms with van der Waals surface area (Å²) in [5.74, 6) is -0.112. The van der Waals surface area contributed by atoms with Crippen LogP contribution in [0.5, 0.6) is 0 Å². The molecule has 0 amide bonds. The van der Waals surface area contributed by atoms with Crippen LogP contribution >= 0.6 is 7.82 Å². The Morgan fingerprint density at radius 2 is 0.616 bits per heavy atom. The zero-order valence-electron chi connectivity index (χ0n) is 49.2. The molecule has 73 heavy (non-hydrogen) atoms. The van der Waals surface area contributed by atoms with Crippen molar-refractivity contribution >= 4 is 19.8 Å². The van der Waals surface area contributed by atoms with Gasteiger partial charge in [0.05, 0.1) is 13.2 Å². The maximum atomic E-state index is 12.1. The molecule has 0 fully saturated rings. The molecule has 0 aromatic heterocycles. The van der Waals surface area contributed by atoms with Gasteiger partial charge in [0.1, 0.15) is 0 Å². The fraction of sp³-hybridized carbons (Fsp3) is 0.781. The molecule has 0 spiro atoms. The summed E-state index contributed by atoms with van der Waals surface area (Å²) in [5.41, 5.74) is 7.96. The van der Waals surface area contributed by atoms with Crippen molar-refractivity contribution in [3.05, 3.63) is 69.8 Å². The van der Waals surface area contributed by atoms with Crippen LogP contribution in [0, 0.1) is 13.8 Å². The number of aryl methyl sites for hydroxylation is 4. The Morgan fingerprint density at radius 1 is 0.397 bits per heavy atom. The van der Waals surface area contributed by atoms with Crippen LogP contribution in [-0.2, 0) is 47.3 Å².